The van der Waals surface area contributed by atoms with Gasteiger partial charge in [0.2, 0.25) is 0 Å². The SMILES string of the molecule is CCCCCCC(C)NC(=O)NCc1ccc(Cl)nc1. The lowest BCUT2D eigenvalue weighted by molar-refractivity contribution is 0.236. The monoisotopic (exact) mass is 297 g/mol. The summed E-state index contributed by atoms with van der Waals surface area (Å²) in [6.07, 6.45) is 7.59. The van der Waals surface area contributed by atoms with Crippen molar-refractivity contribution in [3.8, 4) is 0 Å². The highest BCUT2D eigenvalue weighted by atomic mass is 35.5. The van der Waals surface area contributed by atoms with E-state index in [4.69, 9.17) is 11.6 Å². The topological polar surface area (TPSA) is 54.0 Å². The van der Waals surface area contributed by atoms with Crippen molar-refractivity contribution in [3.63, 3.8) is 0 Å². The first-order valence-corrected chi connectivity index (χ1v) is 7.64. The number of amides is 2. The number of hydrogen-bond donors (Lipinski definition) is 2. The van der Waals surface area contributed by atoms with Gasteiger partial charge in [0.1, 0.15) is 5.15 Å². The fourth-order valence-corrected chi connectivity index (χ4v) is 2.03. The van der Waals surface area contributed by atoms with Crippen LogP contribution < -0.4 is 10.6 Å². The molecule has 0 fully saturated rings. The molecular formula is C15H24ClN3O. The number of halogens is 1. The van der Waals surface area contributed by atoms with Crippen LogP contribution in [0.25, 0.3) is 0 Å². The number of hydrogen-bond acceptors (Lipinski definition) is 2. The lowest BCUT2D eigenvalue weighted by Crippen LogP contribution is -2.40. The molecule has 112 valence electrons. The smallest absolute Gasteiger partial charge is 0.315 e. The summed E-state index contributed by atoms with van der Waals surface area (Å²) in [7, 11) is 0. The van der Waals surface area contributed by atoms with E-state index >= 15 is 0 Å². The number of rotatable bonds is 8. The Morgan fingerprint density at radius 3 is 2.80 bits per heavy atom. The van der Waals surface area contributed by atoms with E-state index < -0.39 is 0 Å². The van der Waals surface area contributed by atoms with E-state index in [1.165, 1.54) is 19.3 Å². The molecule has 1 aromatic rings. The van der Waals surface area contributed by atoms with Crippen LogP contribution in [0.1, 0.15) is 51.5 Å². The quantitative estimate of drug-likeness (QED) is 0.565. The van der Waals surface area contributed by atoms with Gasteiger partial charge in [-0.3, -0.25) is 0 Å². The van der Waals surface area contributed by atoms with Gasteiger partial charge in [0, 0.05) is 18.8 Å². The first-order valence-electron chi connectivity index (χ1n) is 7.26. The van der Waals surface area contributed by atoms with Crippen molar-refractivity contribution in [2.45, 2.75) is 58.5 Å². The Labute approximate surface area is 126 Å². The normalized spacial score (nSPS) is 11.9. The third-order valence-electron chi connectivity index (χ3n) is 3.11. The van der Waals surface area contributed by atoms with Crippen LogP contribution in [0.15, 0.2) is 18.3 Å². The van der Waals surface area contributed by atoms with Gasteiger partial charge in [0.15, 0.2) is 0 Å². The van der Waals surface area contributed by atoms with Gasteiger partial charge in [-0.25, -0.2) is 9.78 Å². The summed E-state index contributed by atoms with van der Waals surface area (Å²) in [5.74, 6) is 0. The van der Waals surface area contributed by atoms with Crippen LogP contribution in [0.5, 0.6) is 0 Å². The van der Waals surface area contributed by atoms with Gasteiger partial charge >= 0.3 is 6.03 Å². The second-order valence-electron chi connectivity index (χ2n) is 5.07. The van der Waals surface area contributed by atoms with Crippen molar-refractivity contribution < 1.29 is 4.79 Å². The minimum atomic E-state index is -0.136. The highest BCUT2D eigenvalue weighted by Crippen LogP contribution is 2.06. The van der Waals surface area contributed by atoms with Crippen LogP contribution in [0, 0.1) is 0 Å². The molecule has 0 radical (unpaired) electrons. The van der Waals surface area contributed by atoms with Crippen LogP contribution in [-0.2, 0) is 6.54 Å². The molecule has 1 heterocycles. The summed E-state index contributed by atoms with van der Waals surface area (Å²) < 4.78 is 0. The molecule has 0 spiro atoms. The summed E-state index contributed by atoms with van der Waals surface area (Å²) >= 11 is 5.70. The Morgan fingerprint density at radius 1 is 1.35 bits per heavy atom. The molecule has 20 heavy (non-hydrogen) atoms. The molecule has 4 nitrogen and oxygen atoms in total. The average molecular weight is 298 g/mol. The van der Waals surface area contributed by atoms with Gasteiger partial charge in [-0.1, -0.05) is 50.3 Å². The van der Waals surface area contributed by atoms with Crippen LogP contribution in [0.2, 0.25) is 5.15 Å². The van der Waals surface area contributed by atoms with Gasteiger partial charge in [-0.2, -0.15) is 0 Å². The number of urea groups is 1. The third kappa shape index (κ3) is 7.34. The number of nitrogens with one attached hydrogen (secondary N) is 2. The molecule has 5 heteroatoms. The molecule has 1 atom stereocenters. The Kier molecular flexibility index (Phi) is 8.04. The molecule has 0 bridgehead atoms. The molecular weight excluding hydrogens is 274 g/mol. The minimum Gasteiger partial charge on any atom is -0.336 e. The van der Waals surface area contributed by atoms with E-state index in [1.54, 1.807) is 12.3 Å². The van der Waals surface area contributed by atoms with Gasteiger partial charge in [0.25, 0.3) is 0 Å². The number of unbranched alkanes of at least 4 members (excludes halogenated alkanes) is 3. The molecule has 1 rings (SSSR count). The van der Waals surface area contributed by atoms with E-state index in [2.05, 4.69) is 22.5 Å². The van der Waals surface area contributed by atoms with E-state index in [0.717, 1.165) is 18.4 Å². The number of aromatic nitrogens is 1. The lowest BCUT2D eigenvalue weighted by atomic mass is 10.1. The molecule has 2 amide bonds. The first kappa shape index (κ1) is 16.8. The maximum atomic E-state index is 11.7. The van der Waals surface area contributed by atoms with Crippen LogP contribution in [0.4, 0.5) is 4.79 Å². The molecule has 0 aromatic carbocycles. The molecule has 1 aromatic heterocycles. The Morgan fingerprint density at radius 2 is 2.15 bits per heavy atom. The van der Waals surface area contributed by atoms with E-state index in [1.807, 2.05) is 13.0 Å². The van der Waals surface area contributed by atoms with Gasteiger partial charge < -0.3 is 10.6 Å². The van der Waals surface area contributed by atoms with Crippen LogP contribution >= 0.6 is 11.6 Å². The fourth-order valence-electron chi connectivity index (χ4n) is 1.92. The molecule has 0 aliphatic carbocycles. The van der Waals surface area contributed by atoms with Gasteiger partial charge in [0.05, 0.1) is 0 Å². The van der Waals surface area contributed by atoms with Crippen LogP contribution in [-0.4, -0.2) is 17.1 Å². The van der Waals surface area contributed by atoms with Crippen molar-refractivity contribution in [3.05, 3.63) is 29.0 Å². The number of carbonyl (C=O) groups is 1. The zero-order valence-electron chi connectivity index (χ0n) is 12.3. The van der Waals surface area contributed by atoms with E-state index in [0.29, 0.717) is 11.7 Å². The maximum absolute atomic E-state index is 11.7. The fraction of sp³-hybridized carbons (Fsp3) is 0.600. The van der Waals surface area contributed by atoms with E-state index in [-0.39, 0.29) is 12.1 Å². The van der Waals surface area contributed by atoms with Gasteiger partial charge in [-0.05, 0) is 25.0 Å². The molecule has 2 N–H and O–H groups in total. The van der Waals surface area contributed by atoms with Crippen LogP contribution in [0.3, 0.4) is 0 Å². The highest BCUT2D eigenvalue weighted by Gasteiger charge is 2.06. The molecule has 1 unspecified atom stereocenters. The highest BCUT2D eigenvalue weighted by molar-refractivity contribution is 6.29. The summed E-state index contributed by atoms with van der Waals surface area (Å²) in [5, 5.41) is 6.22. The number of carbonyl (C=O) groups excluding carboxylic acids is 1. The van der Waals surface area contributed by atoms with Crippen molar-refractivity contribution in [2.24, 2.45) is 0 Å². The predicted octanol–water partition coefficient (Wildman–Crippen LogP) is 3.89. The van der Waals surface area contributed by atoms with Gasteiger partial charge in [-0.15, -0.1) is 0 Å². The average Bonchev–Trinajstić information content (AvgIpc) is 2.43. The maximum Gasteiger partial charge on any atom is 0.315 e. The Balaban J connectivity index is 2.17. The number of nitrogens with zero attached hydrogens (tertiary/aromatic N) is 1. The van der Waals surface area contributed by atoms with Crippen molar-refractivity contribution in [2.75, 3.05) is 0 Å². The third-order valence-corrected chi connectivity index (χ3v) is 3.33. The summed E-state index contributed by atoms with van der Waals surface area (Å²) in [5.41, 5.74) is 0.931. The largest absolute Gasteiger partial charge is 0.336 e. The van der Waals surface area contributed by atoms with E-state index in [9.17, 15) is 4.79 Å². The van der Waals surface area contributed by atoms with Crippen molar-refractivity contribution in [1.29, 1.82) is 0 Å². The minimum absolute atomic E-state index is 0.136. The summed E-state index contributed by atoms with van der Waals surface area (Å²) in [6.45, 7) is 4.69. The Bertz CT molecular complexity index is 395. The molecule has 0 aliphatic heterocycles. The molecule has 0 aliphatic rings. The van der Waals surface area contributed by atoms with Crippen molar-refractivity contribution in [1.82, 2.24) is 15.6 Å². The zero-order valence-corrected chi connectivity index (χ0v) is 13.0. The lowest BCUT2D eigenvalue weighted by Gasteiger charge is -2.14. The number of pyridine rings is 1. The standard InChI is InChI=1S/C15H24ClN3O/c1-3-4-5-6-7-12(2)19-15(20)18-11-13-8-9-14(16)17-10-13/h8-10,12H,3-7,11H2,1-2H3,(H2,18,19,20). The zero-order chi connectivity index (χ0) is 14.8. The second kappa shape index (κ2) is 9.59. The molecule has 0 saturated carbocycles. The summed E-state index contributed by atoms with van der Waals surface area (Å²) in [4.78, 5) is 15.7. The van der Waals surface area contributed by atoms with Crippen molar-refractivity contribution >= 4 is 17.6 Å². The second-order valence-corrected chi connectivity index (χ2v) is 5.45. The summed E-state index contributed by atoms with van der Waals surface area (Å²) in [6, 6.07) is 3.63. The first-order chi connectivity index (χ1) is 9.61. The Hall–Kier alpha value is -1.29. The predicted molar refractivity (Wildman–Crippen MR) is 82.8 cm³/mol. The molecule has 0 saturated heterocycles.